The number of aliphatic carboxylic acids is 1. The number of carboxylic acids is 1. The van der Waals surface area contributed by atoms with Crippen molar-refractivity contribution in [3.05, 3.63) is 35.9 Å². The number of nitrogens with one attached hydrogen (secondary N) is 2. The van der Waals surface area contributed by atoms with Crippen LogP contribution in [-0.4, -0.2) is 29.6 Å². The van der Waals surface area contributed by atoms with Gasteiger partial charge in [-0.05, 0) is 30.7 Å². The first-order chi connectivity index (χ1) is 11.0. The molecule has 23 heavy (non-hydrogen) atoms. The van der Waals surface area contributed by atoms with E-state index in [-0.39, 0.29) is 23.9 Å². The molecule has 5 heteroatoms. The van der Waals surface area contributed by atoms with Crippen LogP contribution < -0.4 is 10.6 Å². The van der Waals surface area contributed by atoms with Crippen LogP contribution in [-0.2, 0) is 15.1 Å². The summed E-state index contributed by atoms with van der Waals surface area (Å²) < 4.78 is 0. The van der Waals surface area contributed by atoms with Gasteiger partial charge in [-0.15, -0.1) is 0 Å². The van der Waals surface area contributed by atoms with Crippen molar-refractivity contribution in [3.8, 4) is 0 Å². The number of carbonyl (C=O) groups excluding carboxylic acids is 1. The SMILES string of the molecule is CC[C@H](C)[C@H](NCC(=O)NC1(c2ccccc2)CCC1)C(=O)O. The molecule has 1 aromatic rings. The van der Waals surface area contributed by atoms with Crippen LogP contribution in [0, 0.1) is 5.92 Å². The lowest BCUT2D eigenvalue weighted by Gasteiger charge is -2.43. The van der Waals surface area contributed by atoms with Gasteiger partial charge in [-0.1, -0.05) is 50.6 Å². The van der Waals surface area contributed by atoms with Gasteiger partial charge >= 0.3 is 5.97 Å². The van der Waals surface area contributed by atoms with Gasteiger partial charge in [0.05, 0.1) is 12.1 Å². The third-order valence-electron chi connectivity index (χ3n) is 4.87. The number of benzene rings is 1. The molecule has 0 heterocycles. The summed E-state index contributed by atoms with van der Waals surface area (Å²) in [7, 11) is 0. The lowest BCUT2D eigenvalue weighted by atomic mass is 9.72. The van der Waals surface area contributed by atoms with Crippen molar-refractivity contribution >= 4 is 11.9 Å². The van der Waals surface area contributed by atoms with Crippen LogP contribution in [0.15, 0.2) is 30.3 Å². The molecule has 3 N–H and O–H groups in total. The van der Waals surface area contributed by atoms with E-state index >= 15 is 0 Å². The Morgan fingerprint density at radius 1 is 1.26 bits per heavy atom. The Bertz CT molecular complexity index is 540. The molecule has 0 saturated heterocycles. The van der Waals surface area contributed by atoms with Gasteiger partial charge in [0.1, 0.15) is 6.04 Å². The number of hydrogen-bond acceptors (Lipinski definition) is 3. The van der Waals surface area contributed by atoms with E-state index < -0.39 is 12.0 Å². The third-order valence-corrected chi connectivity index (χ3v) is 4.87. The first-order valence-electron chi connectivity index (χ1n) is 8.31. The van der Waals surface area contributed by atoms with Gasteiger partial charge in [0, 0.05) is 0 Å². The molecule has 0 bridgehead atoms. The van der Waals surface area contributed by atoms with Crippen LogP contribution in [0.5, 0.6) is 0 Å². The summed E-state index contributed by atoms with van der Waals surface area (Å²) in [4.78, 5) is 23.6. The largest absolute Gasteiger partial charge is 0.480 e. The summed E-state index contributed by atoms with van der Waals surface area (Å²) in [6, 6.07) is 9.28. The predicted molar refractivity (Wildman–Crippen MR) is 89.0 cm³/mol. The fraction of sp³-hybridized carbons (Fsp3) is 0.556. The van der Waals surface area contributed by atoms with Crippen molar-refractivity contribution in [2.45, 2.75) is 51.1 Å². The van der Waals surface area contributed by atoms with Crippen molar-refractivity contribution in [1.82, 2.24) is 10.6 Å². The average Bonchev–Trinajstić information content (AvgIpc) is 2.51. The zero-order valence-electron chi connectivity index (χ0n) is 13.8. The Labute approximate surface area is 137 Å². The van der Waals surface area contributed by atoms with E-state index in [0.717, 1.165) is 31.2 Å². The normalized spacial score (nSPS) is 18.5. The maximum Gasteiger partial charge on any atom is 0.320 e. The van der Waals surface area contributed by atoms with E-state index in [1.54, 1.807) is 0 Å². The van der Waals surface area contributed by atoms with Gasteiger partial charge in [0.25, 0.3) is 0 Å². The Kier molecular flexibility index (Phi) is 5.77. The second-order valence-corrected chi connectivity index (χ2v) is 6.43. The molecule has 0 aromatic heterocycles. The van der Waals surface area contributed by atoms with Crippen molar-refractivity contribution in [2.24, 2.45) is 5.92 Å². The van der Waals surface area contributed by atoms with E-state index in [0.29, 0.717) is 0 Å². The van der Waals surface area contributed by atoms with Gasteiger partial charge in [-0.2, -0.15) is 0 Å². The maximum absolute atomic E-state index is 12.3. The third kappa shape index (κ3) is 4.10. The van der Waals surface area contributed by atoms with E-state index in [2.05, 4.69) is 10.6 Å². The molecule has 1 aliphatic rings. The Balaban J connectivity index is 1.95. The van der Waals surface area contributed by atoms with Gasteiger partial charge in [0.2, 0.25) is 5.91 Å². The number of amides is 1. The summed E-state index contributed by atoms with van der Waals surface area (Å²) >= 11 is 0. The van der Waals surface area contributed by atoms with E-state index in [9.17, 15) is 14.7 Å². The fourth-order valence-electron chi connectivity index (χ4n) is 3.05. The quantitative estimate of drug-likeness (QED) is 0.687. The first kappa shape index (κ1) is 17.5. The van der Waals surface area contributed by atoms with Crippen LogP contribution in [0.1, 0.15) is 45.1 Å². The Morgan fingerprint density at radius 3 is 2.39 bits per heavy atom. The first-order valence-corrected chi connectivity index (χ1v) is 8.31. The predicted octanol–water partition coefficient (Wildman–Crippen LogP) is 2.27. The van der Waals surface area contributed by atoms with Crippen LogP contribution in [0.4, 0.5) is 0 Å². The minimum Gasteiger partial charge on any atom is -0.480 e. The number of carboxylic acid groups (broad SMARTS) is 1. The van der Waals surface area contributed by atoms with E-state index in [4.69, 9.17) is 0 Å². The van der Waals surface area contributed by atoms with Gasteiger partial charge in [0.15, 0.2) is 0 Å². The fourth-order valence-corrected chi connectivity index (χ4v) is 3.05. The van der Waals surface area contributed by atoms with Crippen LogP contribution in [0.2, 0.25) is 0 Å². The summed E-state index contributed by atoms with van der Waals surface area (Å²) in [6.07, 6.45) is 3.69. The second kappa shape index (κ2) is 7.59. The topological polar surface area (TPSA) is 78.4 Å². The molecule has 2 atom stereocenters. The smallest absolute Gasteiger partial charge is 0.320 e. The highest BCUT2D eigenvalue weighted by atomic mass is 16.4. The molecule has 1 amide bonds. The van der Waals surface area contributed by atoms with Gasteiger partial charge < -0.3 is 10.4 Å². The molecule has 0 radical (unpaired) electrons. The Hall–Kier alpha value is -1.88. The van der Waals surface area contributed by atoms with Gasteiger partial charge in [-0.25, -0.2) is 0 Å². The Morgan fingerprint density at radius 2 is 1.91 bits per heavy atom. The van der Waals surface area contributed by atoms with Crippen LogP contribution >= 0.6 is 0 Å². The molecule has 5 nitrogen and oxygen atoms in total. The standard InChI is InChI=1S/C18H26N2O3/c1-3-13(2)16(17(22)23)19-12-15(21)20-18(10-7-11-18)14-8-5-4-6-9-14/h4-6,8-9,13,16,19H,3,7,10-12H2,1-2H3,(H,20,21)(H,22,23)/t13-,16-/m0/s1. The van der Waals surface area contributed by atoms with Crippen LogP contribution in [0.3, 0.4) is 0 Å². The molecule has 0 aliphatic heterocycles. The number of carbonyl (C=O) groups is 2. The molecular formula is C18H26N2O3. The highest BCUT2D eigenvalue weighted by Gasteiger charge is 2.39. The van der Waals surface area contributed by atoms with Crippen molar-refractivity contribution < 1.29 is 14.7 Å². The summed E-state index contributed by atoms with van der Waals surface area (Å²) in [5.74, 6) is -1.08. The van der Waals surface area contributed by atoms with E-state index in [1.807, 2.05) is 44.2 Å². The molecule has 1 saturated carbocycles. The highest BCUT2D eigenvalue weighted by molar-refractivity contribution is 5.81. The van der Waals surface area contributed by atoms with Gasteiger partial charge in [-0.3, -0.25) is 14.9 Å². The van der Waals surface area contributed by atoms with Crippen molar-refractivity contribution in [1.29, 1.82) is 0 Å². The molecule has 2 rings (SSSR count). The number of rotatable bonds is 8. The summed E-state index contributed by atoms with van der Waals surface area (Å²) in [6.45, 7) is 3.85. The average molecular weight is 318 g/mol. The molecule has 1 fully saturated rings. The molecule has 1 aliphatic carbocycles. The molecule has 1 aromatic carbocycles. The minimum atomic E-state index is -0.909. The summed E-state index contributed by atoms with van der Waals surface area (Å²) in [5.41, 5.74) is 0.839. The molecular weight excluding hydrogens is 292 g/mol. The monoisotopic (exact) mass is 318 g/mol. The number of hydrogen-bond donors (Lipinski definition) is 3. The molecule has 0 spiro atoms. The molecule has 126 valence electrons. The second-order valence-electron chi connectivity index (χ2n) is 6.43. The van der Waals surface area contributed by atoms with Crippen LogP contribution in [0.25, 0.3) is 0 Å². The van der Waals surface area contributed by atoms with Crippen molar-refractivity contribution in [3.63, 3.8) is 0 Å². The summed E-state index contributed by atoms with van der Waals surface area (Å²) in [5, 5.41) is 15.2. The maximum atomic E-state index is 12.3. The molecule has 0 unspecified atom stereocenters. The van der Waals surface area contributed by atoms with Crippen molar-refractivity contribution in [2.75, 3.05) is 6.54 Å². The zero-order valence-corrected chi connectivity index (χ0v) is 13.8. The lowest BCUT2D eigenvalue weighted by Crippen LogP contribution is -2.54. The van der Waals surface area contributed by atoms with E-state index in [1.165, 1.54) is 0 Å². The lowest BCUT2D eigenvalue weighted by molar-refractivity contribution is -0.141. The minimum absolute atomic E-state index is 0.0212. The zero-order chi connectivity index (χ0) is 16.9. The highest BCUT2D eigenvalue weighted by Crippen LogP contribution is 2.41.